The first-order valence-electron chi connectivity index (χ1n) is 22.0. The van der Waals surface area contributed by atoms with Crippen LogP contribution in [-0.4, -0.2) is 15.0 Å². The first-order valence-corrected chi connectivity index (χ1v) is 22.0. The maximum absolute atomic E-state index is 5.59. The normalized spacial score (nSPS) is 12.0. The number of aromatic nitrogens is 3. The van der Waals surface area contributed by atoms with Crippen LogP contribution in [0, 0.1) is 0 Å². The van der Waals surface area contributed by atoms with E-state index < -0.39 is 0 Å². The summed E-state index contributed by atoms with van der Waals surface area (Å²) >= 11 is 0. The van der Waals surface area contributed by atoms with Crippen LogP contribution in [0.25, 0.3) is 100 Å². The van der Waals surface area contributed by atoms with Gasteiger partial charge in [0, 0.05) is 33.7 Å². The molecule has 3 aromatic heterocycles. The predicted molar refractivity (Wildman–Crippen MR) is 267 cm³/mol. The van der Waals surface area contributed by atoms with Gasteiger partial charge in [-0.15, -0.1) is 0 Å². The molecule has 0 bridgehead atoms. The number of nitrogens with zero attached hydrogens (tertiary/aromatic N) is 2. The average molecular weight is 814 g/mol. The van der Waals surface area contributed by atoms with Gasteiger partial charge in [0.05, 0.1) is 28.1 Å². The van der Waals surface area contributed by atoms with E-state index in [-0.39, 0.29) is 10.8 Å². The molecule has 0 saturated carbocycles. The number of nitrogens with one attached hydrogen (secondary N) is 1. The Labute approximate surface area is 371 Å². The van der Waals surface area contributed by atoms with Gasteiger partial charge >= 0.3 is 0 Å². The second-order valence-corrected chi connectivity index (χ2v) is 18.8. The number of H-pyrrole nitrogens is 1. The fourth-order valence-corrected chi connectivity index (χ4v) is 8.72. The summed E-state index contributed by atoms with van der Waals surface area (Å²) in [5.74, 6) is 0. The minimum absolute atomic E-state index is 0.0941. The van der Waals surface area contributed by atoms with E-state index in [9.17, 15) is 0 Å². The summed E-state index contributed by atoms with van der Waals surface area (Å²) in [5, 5.41) is 2.38. The summed E-state index contributed by atoms with van der Waals surface area (Å²) in [4.78, 5) is 14.6. The van der Waals surface area contributed by atoms with E-state index in [1.807, 2.05) is 6.20 Å². The molecule has 63 heavy (non-hydrogen) atoms. The molecule has 3 heteroatoms. The van der Waals surface area contributed by atoms with Crippen LogP contribution in [0.3, 0.4) is 0 Å². The van der Waals surface area contributed by atoms with Crippen molar-refractivity contribution in [3.05, 3.63) is 205 Å². The summed E-state index contributed by atoms with van der Waals surface area (Å²) in [6.45, 7) is 13.8. The Morgan fingerprint density at radius 2 is 0.746 bits per heavy atom. The van der Waals surface area contributed by atoms with E-state index in [0.717, 1.165) is 67.1 Å². The zero-order valence-electron chi connectivity index (χ0n) is 36.9. The minimum atomic E-state index is -0.125. The smallest absolute Gasteiger partial charge is 0.0736 e. The third-order valence-electron chi connectivity index (χ3n) is 12.4. The number of hydrogen-bond donors (Lipinski definition) is 1. The second kappa shape index (κ2) is 15.8. The van der Waals surface area contributed by atoms with Gasteiger partial charge in [0.1, 0.15) is 0 Å². The van der Waals surface area contributed by atoms with Gasteiger partial charge in [0.25, 0.3) is 0 Å². The third-order valence-corrected chi connectivity index (χ3v) is 12.4. The molecule has 0 radical (unpaired) electrons. The van der Waals surface area contributed by atoms with E-state index in [0.29, 0.717) is 0 Å². The van der Waals surface area contributed by atoms with E-state index >= 15 is 0 Å². The third kappa shape index (κ3) is 7.88. The fourth-order valence-electron chi connectivity index (χ4n) is 8.72. The molecule has 0 atom stereocenters. The van der Waals surface area contributed by atoms with Crippen LogP contribution in [-0.2, 0) is 10.8 Å². The standard InChI is InChI=1S/C60H51N3/c1-59(2,3)48-35-50-51-36-49(60(4,5)6)38-53(58(51)63-57(50)52(37-48)55-32-45(29-30-61-55)41-21-14-9-15-22-41)56-34-47(43-27-25-42(26-28-43)39-17-10-7-11-18-39)33-54(62-56)46-24-16-23-44(31-46)40-19-12-8-13-20-40/h7-38,63H,1-6H3. The largest absolute Gasteiger partial charge is 0.353 e. The lowest BCUT2D eigenvalue weighted by atomic mass is 9.83. The molecule has 7 aromatic carbocycles. The van der Waals surface area contributed by atoms with Crippen molar-refractivity contribution in [3.8, 4) is 78.3 Å². The van der Waals surface area contributed by atoms with Crippen LogP contribution in [0.1, 0.15) is 52.7 Å². The summed E-state index contributed by atoms with van der Waals surface area (Å²) in [6.07, 6.45) is 1.94. The number of fused-ring (bicyclic) bond motifs is 3. The molecule has 0 saturated heterocycles. The van der Waals surface area contributed by atoms with E-state index in [1.165, 1.54) is 44.2 Å². The molecule has 0 spiro atoms. The fraction of sp³-hybridized carbons (Fsp3) is 0.133. The lowest BCUT2D eigenvalue weighted by Crippen LogP contribution is -2.11. The Balaban J connectivity index is 1.23. The lowest BCUT2D eigenvalue weighted by molar-refractivity contribution is 0.590. The van der Waals surface area contributed by atoms with Crippen molar-refractivity contribution in [1.29, 1.82) is 0 Å². The number of hydrogen-bond acceptors (Lipinski definition) is 2. The summed E-state index contributed by atoms with van der Waals surface area (Å²) in [6, 6.07) is 67.8. The maximum Gasteiger partial charge on any atom is 0.0736 e. The summed E-state index contributed by atoms with van der Waals surface area (Å²) < 4.78 is 0. The topological polar surface area (TPSA) is 41.6 Å². The SMILES string of the molecule is CC(C)(C)c1cc(-c2cc(-c3ccccc3)ccn2)c2[nH]c3c(-c4cc(-c5ccc(-c6ccccc6)cc5)cc(-c5cccc(-c6ccccc6)c5)n4)cc(C(C)(C)C)cc3c2c1. The predicted octanol–water partition coefficient (Wildman–Crippen LogP) is 16.4. The van der Waals surface area contributed by atoms with Gasteiger partial charge in [-0.3, -0.25) is 4.98 Å². The van der Waals surface area contributed by atoms with Crippen LogP contribution in [0.4, 0.5) is 0 Å². The van der Waals surface area contributed by atoms with Crippen molar-refractivity contribution in [1.82, 2.24) is 15.0 Å². The summed E-state index contributed by atoms with van der Waals surface area (Å²) in [7, 11) is 0. The highest BCUT2D eigenvalue weighted by molar-refractivity contribution is 6.16. The highest BCUT2D eigenvalue weighted by Crippen LogP contribution is 2.44. The van der Waals surface area contributed by atoms with Gasteiger partial charge in [-0.2, -0.15) is 0 Å². The minimum Gasteiger partial charge on any atom is -0.353 e. The molecule has 0 aliphatic heterocycles. The summed E-state index contributed by atoms with van der Waals surface area (Å²) in [5.41, 5.74) is 19.8. The first-order chi connectivity index (χ1) is 30.5. The van der Waals surface area contributed by atoms with Crippen molar-refractivity contribution in [3.63, 3.8) is 0 Å². The Morgan fingerprint density at radius 3 is 1.29 bits per heavy atom. The van der Waals surface area contributed by atoms with Gasteiger partial charge in [-0.25, -0.2) is 4.98 Å². The van der Waals surface area contributed by atoms with Gasteiger partial charge in [0.2, 0.25) is 0 Å². The molecule has 10 aromatic rings. The van der Waals surface area contributed by atoms with Crippen LogP contribution in [0.5, 0.6) is 0 Å². The number of aromatic amines is 1. The Morgan fingerprint density at radius 1 is 0.333 bits per heavy atom. The molecule has 0 unspecified atom stereocenters. The van der Waals surface area contributed by atoms with E-state index in [2.05, 4.69) is 235 Å². The molecular formula is C60H51N3. The van der Waals surface area contributed by atoms with Crippen LogP contribution < -0.4 is 0 Å². The molecular weight excluding hydrogens is 763 g/mol. The van der Waals surface area contributed by atoms with Crippen molar-refractivity contribution in [2.24, 2.45) is 0 Å². The van der Waals surface area contributed by atoms with Crippen molar-refractivity contribution in [2.75, 3.05) is 0 Å². The molecule has 10 rings (SSSR count). The van der Waals surface area contributed by atoms with Gasteiger partial charge in [-0.05, 0) is 121 Å². The highest BCUT2D eigenvalue weighted by atomic mass is 14.8. The number of rotatable bonds is 7. The Kier molecular flexibility index (Phi) is 9.99. The van der Waals surface area contributed by atoms with Gasteiger partial charge < -0.3 is 4.98 Å². The monoisotopic (exact) mass is 813 g/mol. The zero-order valence-corrected chi connectivity index (χ0v) is 36.9. The molecule has 3 nitrogen and oxygen atoms in total. The zero-order chi connectivity index (χ0) is 43.3. The lowest BCUT2D eigenvalue weighted by Gasteiger charge is -2.22. The van der Waals surface area contributed by atoms with Crippen molar-refractivity contribution >= 4 is 21.8 Å². The first kappa shape index (κ1) is 39.8. The highest BCUT2D eigenvalue weighted by Gasteiger charge is 2.25. The van der Waals surface area contributed by atoms with Crippen molar-refractivity contribution < 1.29 is 0 Å². The van der Waals surface area contributed by atoms with Gasteiger partial charge in [-0.1, -0.05) is 175 Å². The Bertz CT molecular complexity index is 3260. The molecule has 0 aliphatic carbocycles. The van der Waals surface area contributed by atoms with Gasteiger partial charge in [0.15, 0.2) is 0 Å². The van der Waals surface area contributed by atoms with Crippen molar-refractivity contribution in [2.45, 2.75) is 52.4 Å². The van der Waals surface area contributed by atoms with E-state index in [4.69, 9.17) is 9.97 Å². The van der Waals surface area contributed by atoms with Crippen LogP contribution in [0.2, 0.25) is 0 Å². The molecule has 3 heterocycles. The molecule has 0 fully saturated rings. The van der Waals surface area contributed by atoms with Crippen LogP contribution in [0.15, 0.2) is 194 Å². The Hall–Kier alpha value is -7.36. The van der Waals surface area contributed by atoms with E-state index in [1.54, 1.807) is 0 Å². The van der Waals surface area contributed by atoms with Crippen LogP contribution >= 0.6 is 0 Å². The average Bonchev–Trinajstić information content (AvgIpc) is 3.70. The second-order valence-electron chi connectivity index (χ2n) is 18.8. The molecule has 0 aliphatic rings. The quantitative estimate of drug-likeness (QED) is 0.174. The molecule has 1 N–H and O–H groups in total. The molecule has 306 valence electrons. The molecule has 0 amide bonds. The number of pyridine rings is 2. The number of benzene rings is 7. The maximum atomic E-state index is 5.59.